The highest BCUT2D eigenvalue weighted by Crippen LogP contribution is 2.24. The van der Waals surface area contributed by atoms with Gasteiger partial charge >= 0.3 is 0 Å². The van der Waals surface area contributed by atoms with Crippen molar-refractivity contribution in [3.05, 3.63) is 0 Å². The van der Waals surface area contributed by atoms with E-state index in [2.05, 4.69) is 27.7 Å². The lowest BCUT2D eigenvalue weighted by molar-refractivity contribution is 0.322. The van der Waals surface area contributed by atoms with Gasteiger partial charge < -0.3 is 0 Å². The predicted molar refractivity (Wildman–Crippen MR) is 122 cm³/mol. The maximum Gasteiger partial charge on any atom is -0.0417 e. The van der Waals surface area contributed by atoms with Crippen molar-refractivity contribution in [1.29, 1.82) is 0 Å². The van der Waals surface area contributed by atoms with E-state index in [1.165, 1.54) is 128 Å². The molecule has 0 N–H and O–H groups in total. The molecule has 0 nitrogen and oxygen atoms in total. The van der Waals surface area contributed by atoms with Crippen molar-refractivity contribution in [2.75, 3.05) is 0 Å². The van der Waals surface area contributed by atoms with Crippen LogP contribution in [0.4, 0.5) is 0 Å². The molecule has 0 aliphatic carbocycles. The van der Waals surface area contributed by atoms with Crippen LogP contribution in [0.1, 0.15) is 156 Å². The van der Waals surface area contributed by atoms with Gasteiger partial charge in [0.1, 0.15) is 0 Å². The van der Waals surface area contributed by atoms with Gasteiger partial charge in [0, 0.05) is 0 Å². The van der Waals surface area contributed by atoms with Crippen LogP contribution >= 0.6 is 0 Å². The molecule has 2 unspecified atom stereocenters. The number of hydrogen-bond donors (Lipinski definition) is 0. The van der Waals surface area contributed by atoms with Crippen molar-refractivity contribution in [1.82, 2.24) is 0 Å². The maximum absolute atomic E-state index is 2.50. The van der Waals surface area contributed by atoms with Crippen LogP contribution in [0, 0.1) is 11.8 Å². The monoisotopic (exact) mass is 366 g/mol. The average Bonchev–Trinajstić information content (AvgIpc) is 2.65. The van der Waals surface area contributed by atoms with Crippen molar-refractivity contribution in [3.63, 3.8) is 0 Å². The number of unbranched alkanes of at least 4 members (excludes halogenated alkanes) is 16. The van der Waals surface area contributed by atoms with Crippen LogP contribution in [-0.4, -0.2) is 0 Å². The molecular formula is C26H54. The molecule has 0 aliphatic rings. The van der Waals surface area contributed by atoms with Crippen molar-refractivity contribution >= 4 is 0 Å². The van der Waals surface area contributed by atoms with Crippen LogP contribution in [0.15, 0.2) is 0 Å². The van der Waals surface area contributed by atoms with Crippen LogP contribution < -0.4 is 0 Å². The first kappa shape index (κ1) is 26.0. The normalized spacial score (nSPS) is 13.8. The minimum absolute atomic E-state index is 0.939. The number of rotatable bonds is 21. The first-order valence-electron chi connectivity index (χ1n) is 12.7. The molecule has 2 atom stereocenters. The molecule has 158 valence electrons. The topological polar surface area (TPSA) is 0 Å². The van der Waals surface area contributed by atoms with Gasteiger partial charge in [-0.15, -0.1) is 0 Å². The van der Waals surface area contributed by atoms with E-state index >= 15 is 0 Å². The second kappa shape index (κ2) is 21.3. The Kier molecular flexibility index (Phi) is 21.3. The molecule has 0 rings (SSSR count). The summed E-state index contributed by atoms with van der Waals surface area (Å²) in [6.07, 6.45) is 29.2. The summed E-state index contributed by atoms with van der Waals surface area (Å²) in [5.74, 6) is 1.88. The Hall–Kier alpha value is 0. The molecule has 0 heteroatoms. The first-order chi connectivity index (χ1) is 12.7. The van der Waals surface area contributed by atoms with Crippen molar-refractivity contribution in [3.8, 4) is 0 Å². The molecular weight excluding hydrogens is 312 g/mol. The van der Waals surface area contributed by atoms with E-state index in [1.807, 2.05) is 0 Å². The van der Waals surface area contributed by atoms with Crippen LogP contribution in [0.2, 0.25) is 0 Å². The summed E-state index contributed by atoms with van der Waals surface area (Å²) >= 11 is 0. The van der Waals surface area contributed by atoms with Gasteiger partial charge in [0.05, 0.1) is 0 Å². The highest BCUT2D eigenvalue weighted by Gasteiger charge is 2.11. The van der Waals surface area contributed by atoms with E-state index in [-0.39, 0.29) is 0 Å². The summed E-state index contributed by atoms with van der Waals surface area (Å²) in [5, 5.41) is 0. The van der Waals surface area contributed by atoms with Gasteiger partial charge in [0.25, 0.3) is 0 Å². The standard InChI is InChI=1S/C26H54/c1-5-7-9-11-13-15-16-18-20-22-24-26(4)25(3)23-21-19-17-14-12-10-8-6-2/h25-26H,5-24H2,1-4H3. The Morgan fingerprint density at radius 1 is 0.346 bits per heavy atom. The predicted octanol–water partition coefficient (Wildman–Crippen LogP) is 10.1. The second-order valence-corrected chi connectivity index (χ2v) is 9.19. The zero-order valence-electron chi connectivity index (χ0n) is 19.3. The fourth-order valence-electron chi connectivity index (χ4n) is 4.12. The lowest BCUT2D eigenvalue weighted by atomic mass is 9.86. The largest absolute Gasteiger partial charge is 0.0654 e. The van der Waals surface area contributed by atoms with E-state index in [9.17, 15) is 0 Å². The van der Waals surface area contributed by atoms with Gasteiger partial charge in [-0.25, -0.2) is 0 Å². The molecule has 0 aliphatic heterocycles. The van der Waals surface area contributed by atoms with Crippen molar-refractivity contribution in [2.24, 2.45) is 11.8 Å². The zero-order valence-corrected chi connectivity index (χ0v) is 19.3. The van der Waals surface area contributed by atoms with Crippen LogP contribution in [0.3, 0.4) is 0 Å². The summed E-state index contributed by atoms with van der Waals surface area (Å²) in [5.41, 5.74) is 0. The molecule has 0 fully saturated rings. The fourth-order valence-corrected chi connectivity index (χ4v) is 4.12. The minimum Gasteiger partial charge on any atom is -0.0654 e. The first-order valence-corrected chi connectivity index (χ1v) is 12.7. The summed E-state index contributed by atoms with van der Waals surface area (Å²) < 4.78 is 0. The molecule has 0 spiro atoms. The van der Waals surface area contributed by atoms with Gasteiger partial charge in [-0.2, -0.15) is 0 Å². The highest BCUT2D eigenvalue weighted by molar-refractivity contribution is 4.63. The summed E-state index contributed by atoms with van der Waals surface area (Å²) in [6, 6.07) is 0. The fraction of sp³-hybridized carbons (Fsp3) is 1.00. The van der Waals surface area contributed by atoms with E-state index in [4.69, 9.17) is 0 Å². The Morgan fingerprint density at radius 3 is 0.846 bits per heavy atom. The Morgan fingerprint density at radius 2 is 0.577 bits per heavy atom. The third kappa shape index (κ3) is 18.8. The van der Waals surface area contributed by atoms with Crippen molar-refractivity contribution < 1.29 is 0 Å². The summed E-state index contributed by atoms with van der Waals surface area (Å²) in [4.78, 5) is 0. The third-order valence-electron chi connectivity index (χ3n) is 6.50. The lowest BCUT2D eigenvalue weighted by Gasteiger charge is -2.19. The Labute approximate surface area is 168 Å². The number of hydrogen-bond acceptors (Lipinski definition) is 0. The zero-order chi connectivity index (χ0) is 19.3. The SMILES string of the molecule is CCCCCCCCCCCCC(C)C(C)CCCCCCCCCC. The van der Waals surface area contributed by atoms with E-state index in [0.717, 1.165) is 11.8 Å². The van der Waals surface area contributed by atoms with Gasteiger partial charge in [-0.1, -0.05) is 156 Å². The molecule has 0 aromatic heterocycles. The Balaban J connectivity index is 3.31. The van der Waals surface area contributed by atoms with Crippen LogP contribution in [0.25, 0.3) is 0 Å². The van der Waals surface area contributed by atoms with Crippen molar-refractivity contribution in [2.45, 2.75) is 156 Å². The van der Waals surface area contributed by atoms with Gasteiger partial charge in [-0.05, 0) is 11.8 Å². The molecule has 0 heterocycles. The average molecular weight is 367 g/mol. The molecule has 0 aromatic carbocycles. The van der Waals surface area contributed by atoms with E-state index in [1.54, 1.807) is 0 Å². The Bertz CT molecular complexity index is 244. The molecule has 0 bridgehead atoms. The van der Waals surface area contributed by atoms with E-state index in [0.29, 0.717) is 0 Å². The molecule has 26 heavy (non-hydrogen) atoms. The molecule has 0 aromatic rings. The molecule has 0 radical (unpaired) electrons. The molecule has 0 saturated carbocycles. The van der Waals surface area contributed by atoms with Crippen LogP contribution in [0.5, 0.6) is 0 Å². The lowest BCUT2D eigenvalue weighted by Crippen LogP contribution is -2.08. The van der Waals surface area contributed by atoms with Gasteiger partial charge in [0.15, 0.2) is 0 Å². The van der Waals surface area contributed by atoms with Crippen LogP contribution in [-0.2, 0) is 0 Å². The highest BCUT2D eigenvalue weighted by atomic mass is 14.2. The molecule has 0 amide bonds. The maximum atomic E-state index is 2.50. The van der Waals surface area contributed by atoms with E-state index < -0.39 is 0 Å². The minimum atomic E-state index is 0.939. The third-order valence-corrected chi connectivity index (χ3v) is 6.50. The summed E-state index contributed by atoms with van der Waals surface area (Å²) in [6.45, 7) is 9.61. The quantitative estimate of drug-likeness (QED) is 0.177. The smallest absolute Gasteiger partial charge is 0.0417 e. The molecule has 0 saturated heterocycles. The second-order valence-electron chi connectivity index (χ2n) is 9.19. The van der Waals surface area contributed by atoms with Gasteiger partial charge in [-0.3, -0.25) is 0 Å². The summed E-state index contributed by atoms with van der Waals surface area (Å²) in [7, 11) is 0. The van der Waals surface area contributed by atoms with Gasteiger partial charge in [0.2, 0.25) is 0 Å².